The number of hydrogen-bond donors (Lipinski definition) is 3. The number of hydrogen-bond acceptors (Lipinski definition) is 3. The predicted octanol–water partition coefficient (Wildman–Crippen LogP) is 3.00. The highest BCUT2D eigenvalue weighted by Crippen LogP contribution is 2.22. The molecule has 0 bridgehead atoms. The van der Waals surface area contributed by atoms with Gasteiger partial charge in [0.05, 0.1) is 0 Å². The Balaban J connectivity index is 1.78. The van der Waals surface area contributed by atoms with Gasteiger partial charge in [0.15, 0.2) is 0 Å². The maximum atomic E-state index is 12.8. The smallest absolute Gasteiger partial charge is 0.411 e. The van der Waals surface area contributed by atoms with Crippen molar-refractivity contribution in [2.24, 2.45) is 0 Å². The molecule has 0 radical (unpaired) electrons. The molecule has 3 amide bonds. The molecule has 1 fully saturated rings. The van der Waals surface area contributed by atoms with E-state index >= 15 is 0 Å². The Bertz CT molecular complexity index is 536. The Hall–Kier alpha value is -2.31. The van der Waals surface area contributed by atoms with Gasteiger partial charge in [-0.15, -0.1) is 0 Å². The summed E-state index contributed by atoms with van der Waals surface area (Å²) in [6.07, 6.45) is 2.30. The minimum Gasteiger partial charge on any atom is -0.446 e. The lowest BCUT2D eigenvalue weighted by molar-refractivity contribution is 0.0776. The SMILES string of the molecule is CCNC(=O)NC1CCCC(OC(=O)Nc2ccc(F)cc2)C1. The number of benzene rings is 1. The minimum absolute atomic E-state index is 0.000999. The summed E-state index contributed by atoms with van der Waals surface area (Å²) in [4.78, 5) is 23.4. The number of rotatable bonds is 4. The maximum absolute atomic E-state index is 12.8. The van der Waals surface area contributed by atoms with Crippen molar-refractivity contribution in [2.45, 2.75) is 44.8 Å². The van der Waals surface area contributed by atoms with Gasteiger partial charge in [-0.25, -0.2) is 14.0 Å². The van der Waals surface area contributed by atoms with E-state index in [9.17, 15) is 14.0 Å². The predicted molar refractivity (Wildman–Crippen MR) is 84.8 cm³/mol. The van der Waals surface area contributed by atoms with Crippen LogP contribution in [0.2, 0.25) is 0 Å². The van der Waals surface area contributed by atoms with Gasteiger partial charge < -0.3 is 15.4 Å². The highest BCUT2D eigenvalue weighted by atomic mass is 19.1. The number of ether oxygens (including phenoxy) is 1. The number of nitrogens with one attached hydrogen (secondary N) is 3. The number of carbonyl (C=O) groups is 2. The van der Waals surface area contributed by atoms with Crippen LogP contribution in [0.5, 0.6) is 0 Å². The first kappa shape index (κ1) is 17.1. The Morgan fingerprint density at radius 2 is 2.00 bits per heavy atom. The van der Waals surface area contributed by atoms with Crippen LogP contribution < -0.4 is 16.0 Å². The second-order valence-corrected chi connectivity index (χ2v) is 5.53. The zero-order chi connectivity index (χ0) is 16.7. The van der Waals surface area contributed by atoms with Crippen molar-refractivity contribution in [2.75, 3.05) is 11.9 Å². The van der Waals surface area contributed by atoms with E-state index < -0.39 is 6.09 Å². The summed E-state index contributed by atoms with van der Waals surface area (Å²) in [5.41, 5.74) is 0.476. The van der Waals surface area contributed by atoms with Crippen molar-refractivity contribution in [1.82, 2.24) is 10.6 Å². The number of anilines is 1. The molecular weight excluding hydrogens is 301 g/mol. The molecule has 0 aromatic heterocycles. The second kappa shape index (κ2) is 8.36. The normalized spacial score (nSPS) is 20.4. The van der Waals surface area contributed by atoms with Gasteiger partial charge in [0.25, 0.3) is 0 Å². The molecule has 6 nitrogen and oxygen atoms in total. The van der Waals surface area contributed by atoms with Crippen LogP contribution in [-0.2, 0) is 4.74 Å². The van der Waals surface area contributed by atoms with Crippen LogP contribution in [0.1, 0.15) is 32.6 Å². The molecular formula is C16H22FN3O3. The van der Waals surface area contributed by atoms with Gasteiger partial charge in [0, 0.05) is 24.7 Å². The first-order chi connectivity index (χ1) is 11.1. The summed E-state index contributed by atoms with van der Waals surface area (Å²) < 4.78 is 18.2. The zero-order valence-electron chi connectivity index (χ0n) is 13.1. The third-order valence-electron chi connectivity index (χ3n) is 3.66. The topological polar surface area (TPSA) is 79.5 Å². The van der Waals surface area contributed by atoms with E-state index in [1.807, 2.05) is 6.92 Å². The van der Waals surface area contributed by atoms with Crippen LogP contribution in [0.25, 0.3) is 0 Å². The summed E-state index contributed by atoms with van der Waals surface area (Å²) in [7, 11) is 0. The van der Waals surface area contributed by atoms with Gasteiger partial charge in [-0.05, 0) is 50.5 Å². The molecule has 3 N–H and O–H groups in total. The fourth-order valence-electron chi connectivity index (χ4n) is 2.61. The molecule has 1 aromatic carbocycles. The van der Waals surface area contributed by atoms with Crippen LogP contribution in [-0.4, -0.2) is 30.8 Å². The molecule has 1 aliphatic rings. The average molecular weight is 323 g/mol. The van der Waals surface area contributed by atoms with Gasteiger partial charge in [0.1, 0.15) is 11.9 Å². The van der Waals surface area contributed by atoms with E-state index in [2.05, 4.69) is 16.0 Å². The number of urea groups is 1. The lowest BCUT2D eigenvalue weighted by Gasteiger charge is -2.29. The largest absolute Gasteiger partial charge is 0.446 e. The average Bonchev–Trinajstić information content (AvgIpc) is 2.50. The summed E-state index contributed by atoms with van der Waals surface area (Å²) in [5.74, 6) is -0.365. The van der Waals surface area contributed by atoms with Gasteiger partial charge in [-0.3, -0.25) is 5.32 Å². The Morgan fingerprint density at radius 3 is 2.70 bits per heavy atom. The number of amides is 3. The Labute approximate surface area is 134 Å². The van der Waals surface area contributed by atoms with Gasteiger partial charge >= 0.3 is 12.1 Å². The van der Waals surface area contributed by atoms with Crippen molar-refractivity contribution < 1.29 is 18.7 Å². The van der Waals surface area contributed by atoms with Gasteiger partial charge in [-0.1, -0.05) is 0 Å². The highest BCUT2D eigenvalue weighted by Gasteiger charge is 2.25. The Morgan fingerprint density at radius 1 is 1.26 bits per heavy atom. The van der Waals surface area contributed by atoms with Crippen LogP contribution >= 0.6 is 0 Å². The van der Waals surface area contributed by atoms with Gasteiger partial charge in [-0.2, -0.15) is 0 Å². The maximum Gasteiger partial charge on any atom is 0.411 e. The van der Waals surface area contributed by atoms with Crippen LogP contribution in [0.15, 0.2) is 24.3 Å². The molecule has 2 rings (SSSR count). The van der Waals surface area contributed by atoms with E-state index in [1.54, 1.807) is 0 Å². The fourth-order valence-corrected chi connectivity index (χ4v) is 2.61. The van der Waals surface area contributed by atoms with E-state index in [4.69, 9.17) is 4.74 Å². The van der Waals surface area contributed by atoms with Crippen molar-refractivity contribution in [3.8, 4) is 0 Å². The summed E-state index contributed by atoms with van der Waals surface area (Å²) >= 11 is 0. The van der Waals surface area contributed by atoms with E-state index in [0.717, 1.165) is 19.3 Å². The molecule has 23 heavy (non-hydrogen) atoms. The lowest BCUT2D eigenvalue weighted by atomic mass is 9.93. The summed E-state index contributed by atoms with van der Waals surface area (Å²) in [5, 5.41) is 8.13. The van der Waals surface area contributed by atoms with Gasteiger partial charge in [0.2, 0.25) is 0 Å². The molecule has 1 aromatic rings. The molecule has 0 spiro atoms. The summed E-state index contributed by atoms with van der Waals surface area (Å²) in [6.45, 7) is 2.42. The molecule has 126 valence electrons. The van der Waals surface area contributed by atoms with E-state index in [0.29, 0.717) is 18.7 Å². The quantitative estimate of drug-likeness (QED) is 0.797. The van der Waals surface area contributed by atoms with E-state index in [1.165, 1.54) is 24.3 Å². The first-order valence-electron chi connectivity index (χ1n) is 7.84. The van der Waals surface area contributed by atoms with Crippen LogP contribution in [0.3, 0.4) is 0 Å². The van der Waals surface area contributed by atoms with Crippen LogP contribution in [0.4, 0.5) is 19.7 Å². The monoisotopic (exact) mass is 323 g/mol. The molecule has 7 heteroatoms. The zero-order valence-corrected chi connectivity index (χ0v) is 13.1. The molecule has 0 aliphatic heterocycles. The van der Waals surface area contributed by atoms with E-state index in [-0.39, 0.29) is 24.0 Å². The Kier molecular flexibility index (Phi) is 6.19. The van der Waals surface area contributed by atoms with Crippen molar-refractivity contribution in [3.05, 3.63) is 30.1 Å². The summed E-state index contributed by atoms with van der Waals surface area (Å²) in [6, 6.07) is 5.27. The third kappa shape index (κ3) is 5.77. The third-order valence-corrected chi connectivity index (χ3v) is 3.66. The molecule has 1 saturated carbocycles. The first-order valence-corrected chi connectivity index (χ1v) is 7.84. The fraction of sp³-hybridized carbons (Fsp3) is 0.500. The highest BCUT2D eigenvalue weighted by molar-refractivity contribution is 5.84. The molecule has 2 unspecified atom stereocenters. The minimum atomic E-state index is -0.569. The molecule has 0 heterocycles. The second-order valence-electron chi connectivity index (χ2n) is 5.53. The van der Waals surface area contributed by atoms with Crippen LogP contribution in [0, 0.1) is 5.82 Å². The number of carbonyl (C=O) groups excluding carboxylic acids is 2. The van der Waals surface area contributed by atoms with Crippen molar-refractivity contribution in [1.29, 1.82) is 0 Å². The van der Waals surface area contributed by atoms with Crippen molar-refractivity contribution >= 4 is 17.8 Å². The molecule has 0 saturated heterocycles. The molecule has 1 aliphatic carbocycles. The standard InChI is InChI=1S/C16H22FN3O3/c1-2-18-15(21)19-13-4-3-5-14(10-13)23-16(22)20-12-8-6-11(17)7-9-12/h6-9,13-14H,2-5,10H2,1H3,(H,20,22)(H2,18,19,21). The lowest BCUT2D eigenvalue weighted by Crippen LogP contribution is -2.45. The molecule has 2 atom stereocenters. The number of halogens is 1. The van der Waals surface area contributed by atoms with Crippen molar-refractivity contribution in [3.63, 3.8) is 0 Å².